The van der Waals surface area contributed by atoms with Crippen molar-refractivity contribution in [2.75, 3.05) is 46.8 Å². The summed E-state index contributed by atoms with van der Waals surface area (Å²) < 4.78 is 0. The van der Waals surface area contributed by atoms with E-state index in [1.807, 2.05) is 13.8 Å². The Morgan fingerprint density at radius 1 is 1.26 bits per heavy atom. The van der Waals surface area contributed by atoms with Gasteiger partial charge in [-0.05, 0) is 26.8 Å². The van der Waals surface area contributed by atoms with Gasteiger partial charge in [-0.2, -0.15) is 5.26 Å². The standard InChI is InChI=1S/C14H26N4O/c1-14(2,12-15)18-10-8-17(9-11-18)7-5-6-13(19)16(3)4/h5-11H2,1-4H3. The molecular weight excluding hydrogens is 240 g/mol. The predicted molar refractivity (Wildman–Crippen MR) is 75.6 cm³/mol. The lowest BCUT2D eigenvalue weighted by Gasteiger charge is -2.40. The van der Waals surface area contributed by atoms with Crippen molar-refractivity contribution in [1.29, 1.82) is 5.26 Å². The minimum atomic E-state index is -0.368. The zero-order valence-corrected chi connectivity index (χ0v) is 12.6. The first-order valence-corrected chi connectivity index (χ1v) is 6.95. The van der Waals surface area contributed by atoms with E-state index in [0.29, 0.717) is 6.42 Å². The van der Waals surface area contributed by atoms with Crippen LogP contribution in [0.1, 0.15) is 26.7 Å². The summed E-state index contributed by atoms with van der Waals surface area (Å²) in [6, 6.07) is 2.35. The van der Waals surface area contributed by atoms with E-state index in [1.165, 1.54) is 0 Å². The lowest BCUT2D eigenvalue weighted by Crippen LogP contribution is -2.54. The second-order valence-electron chi connectivity index (χ2n) is 5.89. The smallest absolute Gasteiger partial charge is 0.222 e. The Kier molecular flexibility index (Phi) is 5.77. The predicted octanol–water partition coefficient (Wildman–Crippen LogP) is 0.775. The molecular formula is C14H26N4O. The Balaban J connectivity index is 2.24. The van der Waals surface area contributed by atoms with Crippen molar-refractivity contribution in [3.05, 3.63) is 0 Å². The number of rotatable bonds is 5. The third kappa shape index (κ3) is 4.81. The molecule has 0 spiro atoms. The summed E-state index contributed by atoms with van der Waals surface area (Å²) in [6.07, 6.45) is 1.54. The van der Waals surface area contributed by atoms with Crippen molar-refractivity contribution in [2.24, 2.45) is 0 Å². The summed E-state index contributed by atoms with van der Waals surface area (Å²) in [6.45, 7) is 8.75. The minimum Gasteiger partial charge on any atom is -0.349 e. The van der Waals surface area contributed by atoms with Gasteiger partial charge in [-0.15, -0.1) is 0 Å². The van der Waals surface area contributed by atoms with Crippen molar-refractivity contribution in [1.82, 2.24) is 14.7 Å². The van der Waals surface area contributed by atoms with E-state index in [2.05, 4.69) is 15.9 Å². The first-order valence-electron chi connectivity index (χ1n) is 6.95. The number of hydrogen-bond donors (Lipinski definition) is 0. The maximum absolute atomic E-state index is 11.5. The highest BCUT2D eigenvalue weighted by molar-refractivity contribution is 5.75. The van der Waals surface area contributed by atoms with Crippen LogP contribution in [0.5, 0.6) is 0 Å². The zero-order chi connectivity index (χ0) is 14.5. The van der Waals surface area contributed by atoms with E-state index < -0.39 is 0 Å². The Bertz CT molecular complexity index is 338. The van der Waals surface area contributed by atoms with Crippen molar-refractivity contribution in [3.63, 3.8) is 0 Å². The summed E-state index contributed by atoms with van der Waals surface area (Å²) in [5, 5.41) is 9.12. The lowest BCUT2D eigenvalue weighted by atomic mass is 10.0. The van der Waals surface area contributed by atoms with Crippen LogP contribution in [0.25, 0.3) is 0 Å². The van der Waals surface area contributed by atoms with Crippen molar-refractivity contribution in [3.8, 4) is 6.07 Å². The van der Waals surface area contributed by atoms with E-state index in [4.69, 9.17) is 5.26 Å². The highest BCUT2D eigenvalue weighted by Gasteiger charge is 2.29. The third-order valence-corrected chi connectivity index (χ3v) is 3.80. The van der Waals surface area contributed by atoms with Crippen molar-refractivity contribution >= 4 is 5.91 Å². The quantitative estimate of drug-likeness (QED) is 0.738. The summed E-state index contributed by atoms with van der Waals surface area (Å²) in [7, 11) is 3.59. The van der Waals surface area contributed by atoms with Crippen molar-refractivity contribution in [2.45, 2.75) is 32.2 Å². The number of carbonyl (C=O) groups is 1. The molecule has 1 aliphatic heterocycles. The van der Waals surface area contributed by atoms with Gasteiger partial charge in [-0.3, -0.25) is 9.69 Å². The molecule has 1 rings (SSSR count). The molecule has 0 atom stereocenters. The second-order valence-corrected chi connectivity index (χ2v) is 5.89. The topological polar surface area (TPSA) is 50.6 Å². The van der Waals surface area contributed by atoms with Gasteiger partial charge in [0.25, 0.3) is 0 Å². The molecule has 0 unspecified atom stereocenters. The molecule has 1 saturated heterocycles. The van der Waals surface area contributed by atoms with Crippen LogP contribution in [0.15, 0.2) is 0 Å². The number of piperazine rings is 1. The van der Waals surface area contributed by atoms with Gasteiger partial charge >= 0.3 is 0 Å². The van der Waals surface area contributed by atoms with Crippen LogP contribution in [0.4, 0.5) is 0 Å². The molecule has 0 aromatic carbocycles. The number of hydrogen-bond acceptors (Lipinski definition) is 4. The fourth-order valence-electron chi connectivity index (χ4n) is 2.28. The van der Waals surface area contributed by atoms with Crippen LogP contribution in [-0.2, 0) is 4.79 Å². The van der Waals surface area contributed by atoms with Gasteiger partial charge in [0.05, 0.1) is 6.07 Å². The van der Waals surface area contributed by atoms with Gasteiger partial charge in [0.1, 0.15) is 5.54 Å². The van der Waals surface area contributed by atoms with E-state index in [-0.39, 0.29) is 11.4 Å². The molecule has 5 heteroatoms. The van der Waals surface area contributed by atoms with E-state index in [9.17, 15) is 4.79 Å². The van der Waals surface area contributed by atoms with Gasteiger partial charge < -0.3 is 9.80 Å². The largest absolute Gasteiger partial charge is 0.349 e. The Labute approximate surface area is 116 Å². The molecule has 0 aromatic heterocycles. The molecule has 0 aliphatic carbocycles. The summed E-state index contributed by atoms with van der Waals surface area (Å²) in [5.41, 5.74) is -0.368. The van der Waals surface area contributed by atoms with Gasteiger partial charge in [-0.1, -0.05) is 0 Å². The fourth-order valence-corrected chi connectivity index (χ4v) is 2.28. The third-order valence-electron chi connectivity index (χ3n) is 3.80. The molecule has 19 heavy (non-hydrogen) atoms. The van der Waals surface area contributed by atoms with Crippen LogP contribution >= 0.6 is 0 Å². The number of amides is 1. The monoisotopic (exact) mass is 266 g/mol. The Hall–Kier alpha value is -1.12. The SMILES string of the molecule is CN(C)C(=O)CCCN1CCN(C(C)(C)C#N)CC1. The zero-order valence-electron chi connectivity index (χ0n) is 12.6. The average molecular weight is 266 g/mol. The molecule has 1 aliphatic rings. The molecule has 0 radical (unpaired) electrons. The van der Waals surface area contributed by atoms with Crippen LogP contribution in [0.2, 0.25) is 0 Å². The highest BCUT2D eigenvalue weighted by Crippen LogP contribution is 2.16. The molecule has 5 nitrogen and oxygen atoms in total. The molecule has 0 N–H and O–H groups in total. The van der Waals surface area contributed by atoms with Crippen LogP contribution < -0.4 is 0 Å². The average Bonchev–Trinajstić information content (AvgIpc) is 2.39. The van der Waals surface area contributed by atoms with Crippen LogP contribution in [-0.4, -0.2) is 73.0 Å². The summed E-state index contributed by atoms with van der Waals surface area (Å²) in [5.74, 6) is 0.198. The van der Waals surface area contributed by atoms with Crippen LogP contribution in [0, 0.1) is 11.3 Å². The maximum Gasteiger partial charge on any atom is 0.222 e. The molecule has 0 aromatic rings. The molecule has 1 fully saturated rings. The second kappa shape index (κ2) is 6.88. The maximum atomic E-state index is 11.5. The first kappa shape index (κ1) is 15.9. The van der Waals surface area contributed by atoms with Gasteiger partial charge in [0.2, 0.25) is 5.91 Å². The molecule has 0 saturated carbocycles. The van der Waals surface area contributed by atoms with Gasteiger partial charge in [-0.25, -0.2) is 0 Å². The fraction of sp³-hybridized carbons (Fsp3) is 0.857. The summed E-state index contributed by atoms with van der Waals surface area (Å²) in [4.78, 5) is 17.7. The lowest BCUT2D eigenvalue weighted by molar-refractivity contribution is -0.128. The highest BCUT2D eigenvalue weighted by atomic mass is 16.2. The Morgan fingerprint density at radius 3 is 2.32 bits per heavy atom. The Morgan fingerprint density at radius 2 is 1.84 bits per heavy atom. The first-order chi connectivity index (χ1) is 8.86. The van der Waals surface area contributed by atoms with Gasteiger partial charge in [0, 0.05) is 46.7 Å². The molecule has 108 valence electrons. The van der Waals surface area contributed by atoms with E-state index >= 15 is 0 Å². The van der Waals surface area contributed by atoms with Gasteiger partial charge in [0.15, 0.2) is 0 Å². The number of carbonyl (C=O) groups excluding carboxylic acids is 1. The molecule has 1 heterocycles. The normalized spacial score (nSPS) is 18.1. The molecule has 1 amide bonds. The van der Waals surface area contributed by atoms with E-state index in [0.717, 1.165) is 39.1 Å². The molecule has 0 bridgehead atoms. The van der Waals surface area contributed by atoms with Crippen molar-refractivity contribution < 1.29 is 4.79 Å². The van der Waals surface area contributed by atoms with Crippen LogP contribution in [0.3, 0.4) is 0 Å². The van der Waals surface area contributed by atoms with E-state index in [1.54, 1.807) is 19.0 Å². The number of nitrogens with zero attached hydrogens (tertiary/aromatic N) is 4. The summed E-state index contributed by atoms with van der Waals surface area (Å²) >= 11 is 0. The number of nitriles is 1. The minimum absolute atomic E-state index is 0.198.